The summed E-state index contributed by atoms with van der Waals surface area (Å²) >= 11 is 0. The molecule has 0 radical (unpaired) electrons. The Morgan fingerprint density at radius 2 is 1.95 bits per heavy atom. The second-order valence-corrected chi connectivity index (χ2v) is 12.3. The van der Waals surface area contributed by atoms with Crippen LogP contribution in [0.1, 0.15) is 109 Å². The molecule has 8 heteroatoms. The van der Waals surface area contributed by atoms with E-state index in [0.717, 1.165) is 49.7 Å². The van der Waals surface area contributed by atoms with Crippen molar-refractivity contribution in [3.8, 4) is 11.5 Å². The molecule has 0 spiro atoms. The van der Waals surface area contributed by atoms with E-state index in [1.807, 2.05) is 13.8 Å². The number of aryl methyl sites for hydroxylation is 1. The smallest absolute Gasteiger partial charge is 0.344 e. The van der Waals surface area contributed by atoms with Gasteiger partial charge < -0.3 is 19.3 Å². The molecule has 0 heterocycles. The number of phenolic OH excluding ortho intramolecular Hbond substituents is 1. The molecule has 0 aromatic heterocycles. The van der Waals surface area contributed by atoms with Crippen LogP contribution < -0.4 is 9.63 Å². The van der Waals surface area contributed by atoms with Gasteiger partial charge in [0.25, 0.3) is 7.82 Å². The molecule has 7 nitrogen and oxygen atoms in total. The zero-order chi connectivity index (χ0) is 27.9. The molecule has 0 saturated heterocycles. The van der Waals surface area contributed by atoms with Crippen LogP contribution in [-0.2, 0) is 24.8 Å². The first-order valence-corrected chi connectivity index (χ1v) is 15.5. The number of phosphoric acid groups is 1. The Morgan fingerprint density at radius 3 is 2.55 bits per heavy atom. The maximum Gasteiger partial charge on any atom is 0.344 e. The zero-order valence-electron chi connectivity index (χ0n) is 23.4. The number of hydrogen-bond acceptors (Lipinski definition) is 7. The van der Waals surface area contributed by atoms with Gasteiger partial charge >= 0.3 is 5.97 Å². The van der Waals surface area contributed by atoms with Crippen molar-refractivity contribution in [1.29, 1.82) is 0 Å². The number of unbranched alkanes of at least 4 members (excludes halogenated alkanes) is 3. The molecule has 0 bridgehead atoms. The van der Waals surface area contributed by atoms with E-state index in [2.05, 4.69) is 26.5 Å². The molecule has 2 aliphatic rings. The number of carbonyl (C=O) groups excluding carboxylic acids is 1. The fourth-order valence-corrected chi connectivity index (χ4v) is 6.49. The number of allylic oxidation sites excluding steroid dienone is 3. The molecule has 0 amide bonds. The molecule has 1 saturated carbocycles. The third-order valence-corrected chi connectivity index (χ3v) is 8.77. The number of carbonyl (C=O) groups is 1. The summed E-state index contributed by atoms with van der Waals surface area (Å²) in [5, 5.41) is 11.2. The molecule has 3 rings (SSSR count). The minimum atomic E-state index is -4.71. The van der Waals surface area contributed by atoms with E-state index >= 15 is 0 Å². The Hall–Kier alpha value is -1.92. The van der Waals surface area contributed by atoms with Crippen molar-refractivity contribution in [3.63, 3.8) is 0 Å². The quantitative estimate of drug-likeness (QED) is 0.0858. The summed E-state index contributed by atoms with van der Waals surface area (Å²) in [5.74, 6) is -0.593. The van der Waals surface area contributed by atoms with Crippen molar-refractivity contribution in [2.75, 3.05) is 6.61 Å². The van der Waals surface area contributed by atoms with Gasteiger partial charge in [-0.15, -0.1) is 0 Å². The summed E-state index contributed by atoms with van der Waals surface area (Å²) in [5.41, 5.74) is 1.95. The van der Waals surface area contributed by atoms with Gasteiger partial charge in [-0.05, 0) is 82.4 Å². The first kappa shape index (κ1) is 30.6. The highest BCUT2D eigenvalue weighted by atomic mass is 31.2. The summed E-state index contributed by atoms with van der Waals surface area (Å²) < 4.78 is 29.0. The lowest BCUT2D eigenvalue weighted by Gasteiger charge is -2.42. The van der Waals surface area contributed by atoms with Crippen LogP contribution in [0.3, 0.4) is 0 Å². The average Bonchev–Trinajstić information content (AvgIpc) is 2.81. The number of esters is 1. The average molecular weight is 548 g/mol. The van der Waals surface area contributed by atoms with Gasteiger partial charge in [-0.25, -0.2) is 4.79 Å². The molecule has 1 N–H and O–H groups in total. The lowest BCUT2D eigenvalue weighted by Crippen LogP contribution is -2.50. The van der Waals surface area contributed by atoms with E-state index in [1.54, 1.807) is 12.1 Å². The lowest BCUT2D eigenvalue weighted by atomic mass is 9.73. The molecule has 3 atom stereocenters. The third-order valence-electron chi connectivity index (χ3n) is 7.70. The topological polar surface area (TPSA) is 105 Å². The van der Waals surface area contributed by atoms with Crippen LogP contribution in [-0.4, -0.2) is 23.3 Å². The maximum absolute atomic E-state index is 13.5. The Kier molecular flexibility index (Phi) is 10.8. The number of rotatable bonds is 14. The molecular weight excluding hydrogens is 503 g/mol. The van der Waals surface area contributed by atoms with E-state index in [-0.39, 0.29) is 42.8 Å². The third kappa shape index (κ3) is 7.59. The molecule has 1 fully saturated rings. The second kappa shape index (κ2) is 13.4. The zero-order valence-corrected chi connectivity index (χ0v) is 24.3. The van der Waals surface area contributed by atoms with Crippen molar-refractivity contribution in [1.82, 2.24) is 0 Å². The van der Waals surface area contributed by atoms with Crippen LogP contribution in [0.15, 0.2) is 35.9 Å². The predicted octanol–water partition coefficient (Wildman–Crippen LogP) is 7.27. The van der Waals surface area contributed by atoms with Crippen LogP contribution >= 0.6 is 7.82 Å². The van der Waals surface area contributed by atoms with Crippen LogP contribution in [0.4, 0.5) is 0 Å². The largest absolute Gasteiger partial charge is 0.756 e. The van der Waals surface area contributed by atoms with Gasteiger partial charge in [0.1, 0.15) is 11.5 Å². The van der Waals surface area contributed by atoms with Gasteiger partial charge in [0.15, 0.2) is 5.60 Å². The summed E-state index contributed by atoms with van der Waals surface area (Å²) in [6, 6.07) is 3.52. The number of hydrogen-bond donors (Lipinski definition) is 1. The van der Waals surface area contributed by atoms with Gasteiger partial charge in [-0.3, -0.25) is 9.09 Å². The van der Waals surface area contributed by atoms with Crippen LogP contribution in [0.25, 0.3) is 0 Å². The van der Waals surface area contributed by atoms with Crippen molar-refractivity contribution >= 4 is 13.8 Å². The molecule has 1 unspecified atom stereocenters. The van der Waals surface area contributed by atoms with E-state index in [9.17, 15) is 19.4 Å². The Morgan fingerprint density at radius 1 is 1.21 bits per heavy atom. The number of phenols is 1. The summed E-state index contributed by atoms with van der Waals surface area (Å²) in [7, 11) is -4.71. The molecule has 38 heavy (non-hydrogen) atoms. The Bertz CT molecular complexity index is 1070. The second-order valence-electron chi connectivity index (χ2n) is 11.0. The van der Waals surface area contributed by atoms with Gasteiger partial charge in [0, 0.05) is 11.5 Å². The normalized spacial score (nSPS) is 22.2. The minimum absolute atomic E-state index is 0.0264. The molecule has 1 aromatic rings. The van der Waals surface area contributed by atoms with E-state index in [4.69, 9.17) is 13.8 Å². The Balaban J connectivity index is 1.89. The first-order valence-electron chi connectivity index (χ1n) is 14.1. The SMILES string of the molecule is C=C(C)[C@@H]1CCC(C)=C[C@H]1c1c(O)cc(CCC)cc1OC(=O)C1(OP(=O)([O-])OCCCCCC)CCC1. The number of ether oxygens (including phenoxy) is 1. The van der Waals surface area contributed by atoms with Crippen LogP contribution in [0, 0.1) is 5.92 Å². The Labute approximate surface area is 227 Å². The van der Waals surface area contributed by atoms with E-state index in [0.29, 0.717) is 24.8 Å². The monoisotopic (exact) mass is 547 g/mol. The fraction of sp³-hybridized carbons (Fsp3) is 0.633. The van der Waals surface area contributed by atoms with Gasteiger partial charge in [-0.2, -0.15) is 0 Å². The highest BCUT2D eigenvalue weighted by Gasteiger charge is 2.50. The van der Waals surface area contributed by atoms with E-state index in [1.165, 1.54) is 5.57 Å². The lowest BCUT2D eigenvalue weighted by molar-refractivity contribution is -0.243. The van der Waals surface area contributed by atoms with Crippen molar-refractivity contribution in [2.24, 2.45) is 5.92 Å². The molecule has 2 aliphatic carbocycles. The maximum atomic E-state index is 13.5. The molecule has 212 valence electrons. The van der Waals surface area contributed by atoms with Crippen molar-refractivity contribution < 1.29 is 33.1 Å². The number of benzene rings is 1. The number of aromatic hydroxyl groups is 1. The first-order chi connectivity index (χ1) is 18.0. The van der Waals surface area contributed by atoms with E-state index < -0.39 is 19.4 Å². The van der Waals surface area contributed by atoms with Gasteiger partial charge in [-0.1, -0.05) is 63.3 Å². The van der Waals surface area contributed by atoms with Crippen LogP contribution in [0.5, 0.6) is 11.5 Å². The fourth-order valence-electron chi connectivity index (χ4n) is 5.40. The summed E-state index contributed by atoms with van der Waals surface area (Å²) in [6.07, 6.45) is 10.1. The summed E-state index contributed by atoms with van der Waals surface area (Å²) in [4.78, 5) is 26.1. The van der Waals surface area contributed by atoms with Crippen molar-refractivity contribution in [2.45, 2.75) is 110 Å². The minimum Gasteiger partial charge on any atom is -0.756 e. The molecular formula is C30H44O7P-. The highest BCUT2D eigenvalue weighted by molar-refractivity contribution is 7.46. The van der Waals surface area contributed by atoms with Gasteiger partial charge in [0.05, 0.1) is 6.61 Å². The molecule has 1 aromatic carbocycles. The highest BCUT2D eigenvalue weighted by Crippen LogP contribution is 2.52. The standard InChI is InChI=1S/C30H45O7P/c1-6-8-9-10-17-35-38(33,34)37-30(15-11-16-30)29(32)36-27-20-23(12-7-2)19-26(31)28(27)25-18-22(5)13-14-24(25)21(3)4/h18-20,24-25,31H,3,6-17H2,1-2,4-5H3,(H,33,34)/p-1/t24-,25+/m0/s1. The van der Waals surface area contributed by atoms with Gasteiger partial charge in [0.2, 0.25) is 0 Å². The molecule has 0 aliphatic heterocycles. The summed E-state index contributed by atoms with van der Waals surface area (Å²) in [6.45, 7) is 12.3. The van der Waals surface area contributed by atoms with Crippen molar-refractivity contribution in [3.05, 3.63) is 47.1 Å². The number of phosphoric ester groups is 1. The van der Waals surface area contributed by atoms with Crippen LogP contribution in [0.2, 0.25) is 0 Å². The predicted molar refractivity (Wildman–Crippen MR) is 147 cm³/mol.